The van der Waals surface area contributed by atoms with Crippen molar-refractivity contribution in [3.63, 3.8) is 0 Å². The van der Waals surface area contributed by atoms with Crippen LogP contribution in [-0.2, 0) is 4.74 Å². The van der Waals surface area contributed by atoms with E-state index >= 15 is 0 Å². The fraction of sp³-hybridized carbons (Fsp3) is 1.00. The number of ether oxygens (including phenoxy) is 1. The molecule has 1 rings (SSSR count). The summed E-state index contributed by atoms with van der Waals surface area (Å²) in [6.07, 6.45) is 5.60. The second kappa shape index (κ2) is 6.49. The molecular weight excluding hydrogens is 186 g/mol. The van der Waals surface area contributed by atoms with Crippen LogP contribution in [0.15, 0.2) is 0 Å². The molecule has 0 radical (unpaired) electrons. The Bertz CT molecular complexity index is 166. The van der Waals surface area contributed by atoms with E-state index in [0.29, 0.717) is 12.1 Å². The standard InChI is InChI=1S/C13H27NO/c1-5-8-14-12(9-10(2)3)13(15-4)11-6-7-11/h10-14H,5-9H2,1-4H3. The Morgan fingerprint density at radius 3 is 2.40 bits per heavy atom. The number of rotatable bonds is 8. The lowest BCUT2D eigenvalue weighted by molar-refractivity contribution is 0.0445. The van der Waals surface area contributed by atoms with Crippen molar-refractivity contribution < 1.29 is 4.74 Å². The van der Waals surface area contributed by atoms with E-state index in [-0.39, 0.29) is 0 Å². The van der Waals surface area contributed by atoms with Crippen LogP contribution < -0.4 is 5.32 Å². The van der Waals surface area contributed by atoms with Crippen molar-refractivity contribution in [3.05, 3.63) is 0 Å². The van der Waals surface area contributed by atoms with Crippen molar-refractivity contribution in [2.24, 2.45) is 11.8 Å². The minimum Gasteiger partial charge on any atom is -0.380 e. The van der Waals surface area contributed by atoms with Gasteiger partial charge >= 0.3 is 0 Å². The highest BCUT2D eigenvalue weighted by Crippen LogP contribution is 2.36. The van der Waals surface area contributed by atoms with Gasteiger partial charge < -0.3 is 10.1 Å². The summed E-state index contributed by atoms with van der Waals surface area (Å²) >= 11 is 0. The lowest BCUT2D eigenvalue weighted by atomic mass is 9.96. The van der Waals surface area contributed by atoms with Crippen molar-refractivity contribution in [1.29, 1.82) is 0 Å². The van der Waals surface area contributed by atoms with Gasteiger partial charge in [0.25, 0.3) is 0 Å². The molecule has 0 spiro atoms. The van der Waals surface area contributed by atoms with Gasteiger partial charge in [0.1, 0.15) is 0 Å². The van der Waals surface area contributed by atoms with E-state index in [2.05, 4.69) is 26.1 Å². The van der Waals surface area contributed by atoms with Crippen LogP contribution in [0.1, 0.15) is 46.5 Å². The van der Waals surface area contributed by atoms with Crippen LogP contribution in [-0.4, -0.2) is 25.8 Å². The summed E-state index contributed by atoms with van der Waals surface area (Å²) in [5, 5.41) is 3.65. The third-order valence-corrected chi connectivity index (χ3v) is 3.14. The first-order chi connectivity index (χ1) is 7.19. The summed E-state index contributed by atoms with van der Waals surface area (Å²) < 4.78 is 5.67. The van der Waals surface area contributed by atoms with Crippen molar-refractivity contribution in [3.8, 4) is 0 Å². The van der Waals surface area contributed by atoms with Crippen LogP contribution in [0.25, 0.3) is 0 Å². The van der Waals surface area contributed by atoms with E-state index in [1.165, 1.54) is 25.7 Å². The van der Waals surface area contributed by atoms with Gasteiger partial charge in [0, 0.05) is 13.2 Å². The van der Waals surface area contributed by atoms with Gasteiger partial charge in [0.05, 0.1) is 6.10 Å². The molecule has 1 N–H and O–H groups in total. The van der Waals surface area contributed by atoms with Gasteiger partial charge in [-0.05, 0) is 44.1 Å². The van der Waals surface area contributed by atoms with Crippen LogP contribution in [0.2, 0.25) is 0 Å². The molecule has 0 aromatic carbocycles. The lowest BCUT2D eigenvalue weighted by Crippen LogP contribution is -2.43. The molecule has 0 aromatic heterocycles. The molecule has 2 unspecified atom stereocenters. The van der Waals surface area contributed by atoms with Crippen LogP contribution in [0.5, 0.6) is 0 Å². The second-order valence-electron chi connectivity index (χ2n) is 5.23. The highest BCUT2D eigenvalue weighted by Gasteiger charge is 2.36. The molecular formula is C13H27NO. The fourth-order valence-corrected chi connectivity index (χ4v) is 2.28. The number of hydrogen-bond acceptors (Lipinski definition) is 2. The average Bonchev–Trinajstić information content (AvgIpc) is 2.98. The Hall–Kier alpha value is -0.0800. The van der Waals surface area contributed by atoms with E-state index in [0.717, 1.165) is 18.4 Å². The quantitative estimate of drug-likeness (QED) is 0.669. The molecule has 0 aliphatic heterocycles. The molecule has 2 atom stereocenters. The first kappa shape index (κ1) is 13.0. The molecule has 0 aromatic rings. The van der Waals surface area contributed by atoms with Crippen LogP contribution in [0, 0.1) is 11.8 Å². The fourth-order valence-electron chi connectivity index (χ4n) is 2.28. The third kappa shape index (κ3) is 4.52. The summed E-state index contributed by atoms with van der Waals surface area (Å²) in [5.41, 5.74) is 0. The van der Waals surface area contributed by atoms with Crippen molar-refractivity contribution in [2.75, 3.05) is 13.7 Å². The van der Waals surface area contributed by atoms with E-state index in [4.69, 9.17) is 4.74 Å². The molecule has 1 aliphatic carbocycles. The molecule has 2 heteroatoms. The highest BCUT2D eigenvalue weighted by atomic mass is 16.5. The first-order valence-electron chi connectivity index (χ1n) is 6.45. The minimum absolute atomic E-state index is 0.443. The average molecular weight is 213 g/mol. The number of hydrogen-bond donors (Lipinski definition) is 1. The third-order valence-electron chi connectivity index (χ3n) is 3.14. The first-order valence-corrected chi connectivity index (χ1v) is 6.45. The summed E-state index contributed by atoms with van der Waals surface area (Å²) in [5.74, 6) is 1.57. The van der Waals surface area contributed by atoms with Gasteiger partial charge in [-0.1, -0.05) is 20.8 Å². The van der Waals surface area contributed by atoms with Crippen LogP contribution in [0.3, 0.4) is 0 Å². The topological polar surface area (TPSA) is 21.3 Å². The Labute approximate surface area is 94.8 Å². The van der Waals surface area contributed by atoms with Gasteiger partial charge in [0.15, 0.2) is 0 Å². The van der Waals surface area contributed by atoms with E-state index in [1.807, 2.05) is 7.11 Å². The van der Waals surface area contributed by atoms with Gasteiger partial charge in [-0.3, -0.25) is 0 Å². The predicted molar refractivity (Wildman–Crippen MR) is 65.1 cm³/mol. The molecule has 0 saturated heterocycles. The minimum atomic E-state index is 0.443. The van der Waals surface area contributed by atoms with E-state index < -0.39 is 0 Å². The van der Waals surface area contributed by atoms with Gasteiger partial charge in [-0.15, -0.1) is 0 Å². The normalized spacial score (nSPS) is 20.6. The predicted octanol–water partition coefficient (Wildman–Crippen LogP) is 2.83. The SMILES string of the molecule is CCCNC(CC(C)C)C(OC)C1CC1. The maximum absolute atomic E-state index is 5.67. The molecule has 90 valence electrons. The van der Waals surface area contributed by atoms with Crippen LogP contribution in [0.4, 0.5) is 0 Å². The zero-order valence-corrected chi connectivity index (χ0v) is 10.8. The van der Waals surface area contributed by atoms with E-state index in [1.54, 1.807) is 0 Å². The Morgan fingerprint density at radius 2 is 2.00 bits per heavy atom. The maximum atomic E-state index is 5.67. The second-order valence-corrected chi connectivity index (χ2v) is 5.23. The van der Waals surface area contributed by atoms with Gasteiger partial charge in [-0.2, -0.15) is 0 Å². The lowest BCUT2D eigenvalue weighted by Gasteiger charge is -2.28. The Balaban J connectivity index is 2.43. The maximum Gasteiger partial charge on any atom is 0.0752 e. The molecule has 0 bridgehead atoms. The molecule has 1 fully saturated rings. The largest absolute Gasteiger partial charge is 0.380 e. The van der Waals surface area contributed by atoms with Crippen molar-refractivity contribution >= 4 is 0 Å². The van der Waals surface area contributed by atoms with Gasteiger partial charge in [0.2, 0.25) is 0 Å². The van der Waals surface area contributed by atoms with Gasteiger partial charge in [-0.25, -0.2) is 0 Å². The molecule has 2 nitrogen and oxygen atoms in total. The summed E-state index contributed by atoms with van der Waals surface area (Å²) in [4.78, 5) is 0. The number of nitrogens with one attached hydrogen (secondary N) is 1. The molecule has 0 amide bonds. The molecule has 1 aliphatic rings. The monoisotopic (exact) mass is 213 g/mol. The molecule has 0 heterocycles. The highest BCUT2D eigenvalue weighted by molar-refractivity contribution is 4.90. The summed E-state index contributed by atoms with van der Waals surface area (Å²) in [6.45, 7) is 7.92. The van der Waals surface area contributed by atoms with E-state index in [9.17, 15) is 0 Å². The molecule has 15 heavy (non-hydrogen) atoms. The zero-order chi connectivity index (χ0) is 11.3. The zero-order valence-electron chi connectivity index (χ0n) is 10.8. The Kier molecular flexibility index (Phi) is 5.62. The summed E-state index contributed by atoms with van der Waals surface area (Å²) in [6, 6.07) is 0.558. The number of methoxy groups -OCH3 is 1. The smallest absolute Gasteiger partial charge is 0.0752 e. The van der Waals surface area contributed by atoms with Crippen LogP contribution >= 0.6 is 0 Å². The Morgan fingerprint density at radius 1 is 1.33 bits per heavy atom. The van der Waals surface area contributed by atoms with Crippen molar-refractivity contribution in [1.82, 2.24) is 5.32 Å². The molecule has 1 saturated carbocycles. The van der Waals surface area contributed by atoms with Crippen molar-refractivity contribution in [2.45, 2.75) is 58.6 Å². The summed E-state index contributed by atoms with van der Waals surface area (Å²) in [7, 11) is 1.87.